The smallest absolute Gasteiger partial charge is 0.264 e. The average Bonchev–Trinajstić information content (AvgIpc) is 2.99. The van der Waals surface area contributed by atoms with Crippen LogP contribution in [0.5, 0.6) is 0 Å². The van der Waals surface area contributed by atoms with Crippen molar-refractivity contribution in [1.82, 2.24) is 10.2 Å². The van der Waals surface area contributed by atoms with Gasteiger partial charge in [-0.2, -0.15) is 0 Å². The molecule has 0 unspecified atom stereocenters. The van der Waals surface area contributed by atoms with Crippen molar-refractivity contribution in [3.8, 4) is 0 Å². The average molecular weight is 703 g/mol. The minimum absolute atomic E-state index is 0.0475. The summed E-state index contributed by atoms with van der Waals surface area (Å²) in [6, 6.07) is 27.8. The number of nitrogens with one attached hydrogen (secondary N) is 1. The van der Waals surface area contributed by atoms with Crippen LogP contribution in [0.3, 0.4) is 0 Å². The van der Waals surface area contributed by atoms with Gasteiger partial charge in [-0.1, -0.05) is 87.7 Å². The van der Waals surface area contributed by atoms with Crippen molar-refractivity contribution in [2.24, 2.45) is 0 Å². The Labute approximate surface area is 270 Å². The molecule has 43 heavy (non-hydrogen) atoms. The number of nitrogens with zero attached hydrogens (tertiary/aromatic N) is 2. The maximum absolute atomic E-state index is 14.3. The fourth-order valence-corrected chi connectivity index (χ4v) is 6.51. The standard InChI is InChI=1S/C32H30BrCl2N3O4S/c1-2-36-32(40)30(19-23-7-4-3-5-8-23)37(21-24-11-13-25(33)14-12-24)31(39)22-38(28-10-6-9-27(35)20-28)43(41,42)29-17-15-26(34)16-18-29/h3-18,20,30H,2,19,21-22H2,1H3,(H,36,40)/t30-/m0/s1. The summed E-state index contributed by atoms with van der Waals surface area (Å²) in [5.74, 6) is -0.903. The number of anilines is 1. The second kappa shape index (κ2) is 14.9. The summed E-state index contributed by atoms with van der Waals surface area (Å²) < 4.78 is 29.9. The van der Waals surface area contributed by atoms with Gasteiger partial charge in [-0.15, -0.1) is 0 Å². The zero-order chi connectivity index (χ0) is 31.0. The lowest BCUT2D eigenvalue weighted by atomic mass is 10.0. The van der Waals surface area contributed by atoms with Crippen molar-refractivity contribution in [3.05, 3.63) is 129 Å². The predicted octanol–water partition coefficient (Wildman–Crippen LogP) is 6.73. The van der Waals surface area contributed by atoms with Crippen molar-refractivity contribution in [2.45, 2.75) is 30.8 Å². The van der Waals surface area contributed by atoms with E-state index in [9.17, 15) is 18.0 Å². The van der Waals surface area contributed by atoms with Crippen molar-refractivity contribution >= 4 is 66.7 Å². The predicted molar refractivity (Wildman–Crippen MR) is 175 cm³/mol. The molecule has 224 valence electrons. The van der Waals surface area contributed by atoms with Gasteiger partial charge in [0.25, 0.3) is 10.0 Å². The third kappa shape index (κ3) is 8.60. The zero-order valence-electron chi connectivity index (χ0n) is 23.3. The molecule has 4 aromatic rings. The number of hydrogen-bond acceptors (Lipinski definition) is 4. The van der Waals surface area contributed by atoms with Crippen molar-refractivity contribution < 1.29 is 18.0 Å². The molecule has 0 aliphatic carbocycles. The molecular weight excluding hydrogens is 673 g/mol. The highest BCUT2D eigenvalue weighted by Gasteiger charge is 2.34. The Morgan fingerprint density at radius 2 is 1.51 bits per heavy atom. The SMILES string of the molecule is CCNC(=O)[C@H](Cc1ccccc1)N(Cc1ccc(Br)cc1)C(=O)CN(c1cccc(Cl)c1)S(=O)(=O)c1ccc(Cl)cc1. The Balaban J connectivity index is 1.79. The Morgan fingerprint density at radius 3 is 2.14 bits per heavy atom. The fraction of sp³-hybridized carbons (Fsp3) is 0.188. The van der Waals surface area contributed by atoms with Crippen molar-refractivity contribution in [2.75, 3.05) is 17.4 Å². The molecule has 0 spiro atoms. The van der Waals surface area contributed by atoms with Crippen LogP contribution in [-0.2, 0) is 32.6 Å². The summed E-state index contributed by atoms with van der Waals surface area (Å²) in [5.41, 5.74) is 1.83. The van der Waals surface area contributed by atoms with Gasteiger partial charge in [-0.3, -0.25) is 13.9 Å². The van der Waals surface area contributed by atoms with E-state index in [0.29, 0.717) is 16.6 Å². The first-order valence-electron chi connectivity index (χ1n) is 13.5. The molecule has 11 heteroatoms. The van der Waals surface area contributed by atoms with Crippen LogP contribution < -0.4 is 9.62 Å². The minimum atomic E-state index is -4.25. The molecule has 1 N–H and O–H groups in total. The van der Waals surface area contributed by atoms with Crippen LogP contribution in [0, 0.1) is 0 Å². The van der Waals surface area contributed by atoms with E-state index >= 15 is 0 Å². The van der Waals surface area contributed by atoms with Crippen LogP contribution in [-0.4, -0.2) is 44.3 Å². The van der Waals surface area contributed by atoms with Gasteiger partial charge in [-0.05, 0) is 72.6 Å². The van der Waals surface area contributed by atoms with Crippen LogP contribution >= 0.6 is 39.1 Å². The Hall–Kier alpha value is -3.37. The second-order valence-corrected chi connectivity index (χ2v) is 13.3. The van der Waals surface area contributed by atoms with E-state index in [4.69, 9.17) is 23.2 Å². The number of rotatable bonds is 12. The van der Waals surface area contributed by atoms with Gasteiger partial charge in [0.15, 0.2) is 0 Å². The van der Waals surface area contributed by atoms with Crippen molar-refractivity contribution in [3.63, 3.8) is 0 Å². The van der Waals surface area contributed by atoms with Crippen LogP contribution in [0.25, 0.3) is 0 Å². The third-order valence-corrected chi connectivity index (χ3v) is 9.47. The fourth-order valence-electron chi connectivity index (χ4n) is 4.53. The first kappa shape index (κ1) is 32.5. The summed E-state index contributed by atoms with van der Waals surface area (Å²) in [4.78, 5) is 29.2. The first-order valence-corrected chi connectivity index (χ1v) is 16.5. The molecule has 4 rings (SSSR count). The maximum Gasteiger partial charge on any atom is 0.264 e. The summed E-state index contributed by atoms with van der Waals surface area (Å²) in [6.07, 6.45) is 0.232. The highest BCUT2D eigenvalue weighted by molar-refractivity contribution is 9.10. The highest BCUT2D eigenvalue weighted by Crippen LogP contribution is 2.28. The monoisotopic (exact) mass is 701 g/mol. The lowest BCUT2D eigenvalue weighted by Crippen LogP contribution is -2.53. The minimum Gasteiger partial charge on any atom is -0.355 e. The van der Waals surface area contributed by atoms with E-state index in [2.05, 4.69) is 21.2 Å². The third-order valence-electron chi connectivity index (χ3n) is 6.66. The zero-order valence-corrected chi connectivity index (χ0v) is 27.2. The van der Waals surface area contributed by atoms with E-state index in [0.717, 1.165) is 19.9 Å². The normalized spacial score (nSPS) is 11.9. The Bertz CT molecular complexity index is 1650. The van der Waals surface area contributed by atoms with Gasteiger partial charge in [0, 0.05) is 34.0 Å². The van der Waals surface area contributed by atoms with Crippen LogP contribution in [0.2, 0.25) is 10.0 Å². The van der Waals surface area contributed by atoms with Gasteiger partial charge >= 0.3 is 0 Å². The summed E-state index contributed by atoms with van der Waals surface area (Å²) in [5, 5.41) is 3.52. The van der Waals surface area contributed by atoms with Crippen LogP contribution in [0.15, 0.2) is 112 Å². The van der Waals surface area contributed by atoms with E-state index in [1.807, 2.05) is 54.6 Å². The molecule has 0 aromatic heterocycles. The molecule has 0 bridgehead atoms. The first-order chi connectivity index (χ1) is 20.6. The Morgan fingerprint density at radius 1 is 0.837 bits per heavy atom. The molecule has 7 nitrogen and oxygen atoms in total. The molecule has 1 atom stereocenters. The van der Waals surface area contributed by atoms with E-state index in [1.54, 1.807) is 25.1 Å². The van der Waals surface area contributed by atoms with E-state index < -0.39 is 28.5 Å². The molecule has 0 aliphatic heterocycles. The van der Waals surface area contributed by atoms with Gasteiger partial charge in [0.2, 0.25) is 11.8 Å². The van der Waals surface area contributed by atoms with E-state index in [-0.39, 0.29) is 29.5 Å². The number of hydrogen-bond donors (Lipinski definition) is 1. The lowest BCUT2D eigenvalue weighted by molar-refractivity contribution is -0.140. The largest absolute Gasteiger partial charge is 0.355 e. The second-order valence-electron chi connectivity index (χ2n) is 9.69. The highest BCUT2D eigenvalue weighted by atomic mass is 79.9. The maximum atomic E-state index is 14.3. The number of carbonyl (C=O) groups excluding carboxylic acids is 2. The summed E-state index contributed by atoms with van der Waals surface area (Å²) in [6.45, 7) is 1.67. The molecule has 0 heterocycles. The number of carbonyl (C=O) groups is 2. The van der Waals surface area contributed by atoms with Gasteiger partial charge in [-0.25, -0.2) is 8.42 Å². The summed E-state index contributed by atoms with van der Waals surface area (Å²) in [7, 11) is -4.25. The van der Waals surface area contributed by atoms with E-state index in [1.165, 1.54) is 35.2 Å². The van der Waals surface area contributed by atoms with Gasteiger partial charge in [0.1, 0.15) is 12.6 Å². The number of likely N-dealkylation sites (N-methyl/N-ethyl adjacent to an activating group) is 1. The molecular formula is C32H30BrCl2N3O4S. The number of sulfonamides is 1. The molecule has 0 radical (unpaired) electrons. The molecule has 4 aromatic carbocycles. The molecule has 0 aliphatic rings. The molecule has 0 saturated carbocycles. The molecule has 2 amide bonds. The van der Waals surface area contributed by atoms with Gasteiger partial charge in [0.05, 0.1) is 10.6 Å². The molecule has 0 fully saturated rings. The summed E-state index contributed by atoms with van der Waals surface area (Å²) >= 11 is 15.7. The number of halogens is 3. The quantitative estimate of drug-likeness (QED) is 0.178. The van der Waals surface area contributed by atoms with Crippen LogP contribution in [0.4, 0.5) is 5.69 Å². The number of benzene rings is 4. The Kier molecular flexibility index (Phi) is 11.3. The van der Waals surface area contributed by atoms with Gasteiger partial charge < -0.3 is 10.2 Å². The topological polar surface area (TPSA) is 86.8 Å². The molecule has 0 saturated heterocycles. The van der Waals surface area contributed by atoms with Crippen molar-refractivity contribution in [1.29, 1.82) is 0 Å². The van der Waals surface area contributed by atoms with Crippen LogP contribution in [0.1, 0.15) is 18.1 Å². The number of amides is 2. The lowest BCUT2D eigenvalue weighted by Gasteiger charge is -2.34.